The van der Waals surface area contributed by atoms with Gasteiger partial charge in [-0.1, -0.05) is 18.2 Å². The molecule has 1 aliphatic rings. The highest BCUT2D eigenvalue weighted by Gasteiger charge is 2.22. The van der Waals surface area contributed by atoms with E-state index in [1.54, 1.807) is 48.7 Å². The number of hydrogen-bond acceptors (Lipinski definition) is 5. The largest absolute Gasteiger partial charge is 0.369 e. The van der Waals surface area contributed by atoms with Crippen molar-refractivity contribution < 1.29 is 8.42 Å². The first-order valence-corrected chi connectivity index (χ1v) is 11.4. The average molecular weight is 422 g/mol. The van der Waals surface area contributed by atoms with Crippen molar-refractivity contribution in [2.45, 2.75) is 4.90 Å². The fourth-order valence-electron chi connectivity index (χ4n) is 3.85. The predicted octanol–water partition coefficient (Wildman–Crippen LogP) is 3.02. The number of imidazole rings is 1. The van der Waals surface area contributed by atoms with E-state index < -0.39 is 10.0 Å². The highest BCUT2D eigenvalue weighted by Crippen LogP contribution is 2.27. The molecule has 1 N–H and O–H groups in total. The molecule has 1 fully saturated rings. The minimum absolute atomic E-state index is 0.246. The summed E-state index contributed by atoms with van der Waals surface area (Å²) in [6.07, 6.45) is 1.56. The van der Waals surface area contributed by atoms with Crippen molar-refractivity contribution in [1.82, 2.24) is 18.8 Å². The number of nitrogens with one attached hydrogen (secondary N) is 1. The summed E-state index contributed by atoms with van der Waals surface area (Å²) in [5.74, 6) is 0.532. The van der Waals surface area contributed by atoms with Crippen molar-refractivity contribution in [2.75, 3.05) is 38.1 Å². The maximum atomic E-state index is 13.1. The Morgan fingerprint density at radius 2 is 1.70 bits per heavy atom. The van der Waals surface area contributed by atoms with Gasteiger partial charge in [-0.05, 0) is 49.5 Å². The van der Waals surface area contributed by atoms with Crippen LogP contribution in [-0.2, 0) is 10.0 Å². The van der Waals surface area contributed by atoms with Gasteiger partial charge < -0.3 is 14.8 Å². The fraction of sp³-hybridized carbons (Fsp3) is 0.227. The fourth-order valence-corrected chi connectivity index (χ4v) is 5.21. The monoisotopic (exact) mass is 421 g/mol. The van der Waals surface area contributed by atoms with Crippen LogP contribution in [0.1, 0.15) is 0 Å². The van der Waals surface area contributed by atoms with Crippen LogP contribution < -0.4 is 4.90 Å². The summed E-state index contributed by atoms with van der Waals surface area (Å²) >= 11 is 0. The summed E-state index contributed by atoms with van der Waals surface area (Å²) in [7, 11) is -1.56. The molecule has 4 aromatic rings. The molecule has 0 aliphatic carbocycles. The smallest absolute Gasteiger partial charge is 0.268 e. The lowest BCUT2D eigenvalue weighted by molar-refractivity contribution is 0.313. The zero-order chi connectivity index (χ0) is 20.7. The van der Waals surface area contributed by atoms with Crippen LogP contribution in [0.3, 0.4) is 0 Å². The number of anilines is 1. The zero-order valence-corrected chi connectivity index (χ0v) is 17.5. The van der Waals surface area contributed by atoms with Gasteiger partial charge in [-0.15, -0.1) is 0 Å². The van der Waals surface area contributed by atoms with Gasteiger partial charge in [-0.2, -0.15) is 0 Å². The lowest BCUT2D eigenvalue weighted by Gasteiger charge is -2.34. The molecule has 2 aromatic carbocycles. The SMILES string of the molecule is CN1CCN(c2ccc3nc(-c4cccn4S(=O)(=O)c4ccccc4)[nH]c3c2)CC1. The third-order valence-corrected chi connectivity index (χ3v) is 7.29. The van der Waals surface area contributed by atoms with Crippen LogP contribution in [0.5, 0.6) is 0 Å². The summed E-state index contributed by atoms with van der Waals surface area (Å²) < 4.78 is 27.5. The van der Waals surface area contributed by atoms with Crippen molar-refractivity contribution in [2.24, 2.45) is 0 Å². The normalized spacial score (nSPS) is 15.7. The van der Waals surface area contributed by atoms with Crippen molar-refractivity contribution >= 4 is 26.7 Å². The molecule has 3 heterocycles. The van der Waals surface area contributed by atoms with Gasteiger partial charge in [-0.3, -0.25) is 0 Å². The van der Waals surface area contributed by atoms with Crippen molar-refractivity contribution in [3.63, 3.8) is 0 Å². The van der Waals surface area contributed by atoms with Crippen molar-refractivity contribution in [1.29, 1.82) is 0 Å². The molecule has 0 radical (unpaired) electrons. The van der Waals surface area contributed by atoms with E-state index in [1.165, 1.54) is 3.97 Å². The minimum Gasteiger partial charge on any atom is -0.369 e. The molecule has 8 heteroatoms. The summed E-state index contributed by atoms with van der Waals surface area (Å²) in [6, 6.07) is 18.1. The second kappa shape index (κ2) is 7.30. The molecule has 0 spiro atoms. The number of aromatic amines is 1. The van der Waals surface area contributed by atoms with Crippen LogP contribution in [0.4, 0.5) is 5.69 Å². The van der Waals surface area contributed by atoms with Gasteiger partial charge in [-0.25, -0.2) is 17.4 Å². The number of rotatable bonds is 4. The second-order valence-electron chi connectivity index (χ2n) is 7.58. The maximum absolute atomic E-state index is 13.1. The van der Waals surface area contributed by atoms with E-state index in [2.05, 4.69) is 38.9 Å². The highest BCUT2D eigenvalue weighted by molar-refractivity contribution is 7.90. The highest BCUT2D eigenvalue weighted by atomic mass is 32.2. The molecule has 1 aliphatic heterocycles. The lowest BCUT2D eigenvalue weighted by atomic mass is 10.2. The van der Waals surface area contributed by atoms with Crippen LogP contribution in [0.25, 0.3) is 22.6 Å². The first-order valence-electron chi connectivity index (χ1n) is 9.94. The van der Waals surface area contributed by atoms with E-state index in [-0.39, 0.29) is 4.90 Å². The maximum Gasteiger partial charge on any atom is 0.268 e. The molecule has 1 saturated heterocycles. The molecule has 5 rings (SSSR count). The van der Waals surface area contributed by atoms with Gasteiger partial charge >= 0.3 is 0 Å². The van der Waals surface area contributed by atoms with Crippen molar-refractivity contribution in [3.8, 4) is 11.5 Å². The second-order valence-corrected chi connectivity index (χ2v) is 9.40. The average Bonchev–Trinajstić information content (AvgIpc) is 3.41. The molecule has 30 heavy (non-hydrogen) atoms. The summed E-state index contributed by atoms with van der Waals surface area (Å²) in [6.45, 7) is 4.05. The van der Waals surface area contributed by atoms with Crippen LogP contribution in [0, 0.1) is 0 Å². The van der Waals surface area contributed by atoms with Gasteiger partial charge in [0.1, 0.15) is 0 Å². The summed E-state index contributed by atoms with van der Waals surface area (Å²) in [4.78, 5) is 12.9. The van der Waals surface area contributed by atoms with Gasteiger partial charge in [0.05, 0.1) is 21.6 Å². The Kier molecular flexibility index (Phi) is 4.60. The number of H-pyrrole nitrogens is 1. The van der Waals surface area contributed by atoms with E-state index in [9.17, 15) is 8.42 Å². The molecule has 2 aromatic heterocycles. The predicted molar refractivity (Wildman–Crippen MR) is 118 cm³/mol. The summed E-state index contributed by atoms with van der Waals surface area (Å²) in [5, 5.41) is 0. The molecule has 0 unspecified atom stereocenters. The molecule has 0 atom stereocenters. The van der Waals surface area contributed by atoms with Gasteiger partial charge in [0.2, 0.25) is 0 Å². The first kappa shape index (κ1) is 18.9. The van der Waals surface area contributed by atoms with E-state index in [4.69, 9.17) is 0 Å². The van der Waals surface area contributed by atoms with E-state index in [0.717, 1.165) is 42.9 Å². The van der Waals surface area contributed by atoms with E-state index in [0.29, 0.717) is 11.5 Å². The van der Waals surface area contributed by atoms with E-state index >= 15 is 0 Å². The van der Waals surface area contributed by atoms with Crippen LogP contribution in [0.15, 0.2) is 71.8 Å². The van der Waals surface area contributed by atoms with Crippen LogP contribution >= 0.6 is 0 Å². The number of hydrogen-bond donors (Lipinski definition) is 1. The molecule has 0 bridgehead atoms. The zero-order valence-electron chi connectivity index (χ0n) is 16.7. The molecular formula is C22H23N5O2S. The first-order chi connectivity index (χ1) is 14.5. The number of piperazine rings is 1. The number of fused-ring (bicyclic) bond motifs is 1. The Morgan fingerprint density at radius 1 is 0.933 bits per heavy atom. The third kappa shape index (κ3) is 3.28. The third-order valence-electron chi connectivity index (χ3n) is 5.59. The molecule has 0 amide bonds. The lowest BCUT2D eigenvalue weighted by Crippen LogP contribution is -2.44. The van der Waals surface area contributed by atoms with Gasteiger partial charge in [0.25, 0.3) is 10.0 Å². The van der Waals surface area contributed by atoms with Crippen LogP contribution in [0.2, 0.25) is 0 Å². The Bertz CT molecular complexity index is 1290. The summed E-state index contributed by atoms with van der Waals surface area (Å²) in [5.41, 5.74) is 3.37. The van der Waals surface area contributed by atoms with Gasteiger partial charge in [0.15, 0.2) is 5.82 Å². The number of benzene rings is 2. The minimum atomic E-state index is -3.70. The Labute approximate surface area is 175 Å². The molecule has 0 saturated carbocycles. The number of likely N-dealkylation sites (N-methyl/N-ethyl adjacent to an activating group) is 1. The Balaban J connectivity index is 1.52. The number of nitrogens with zero attached hydrogens (tertiary/aromatic N) is 4. The van der Waals surface area contributed by atoms with E-state index in [1.807, 2.05) is 6.07 Å². The number of aromatic nitrogens is 3. The van der Waals surface area contributed by atoms with Crippen molar-refractivity contribution in [3.05, 3.63) is 66.9 Å². The topological polar surface area (TPSA) is 74.2 Å². The van der Waals surface area contributed by atoms with Gasteiger partial charge in [0, 0.05) is 38.1 Å². The quantitative estimate of drug-likeness (QED) is 0.548. The Morgan fingerprint density at radius 3 is 2.47 bits per heavy atom. The van der Waals surface area contributed by atoms with Crippen LogP contribution in [-0.4, -0.2) is 60.5 Å². The molecular weight excluding hydrogens is 398 g/mol. The Hall–Kier alpha value is -3.10. The molecule has 7 nitrogen and oxygen atoms in total. The molecule has 154 valence electrons. The standard InChI is InChI=1S/C22H23N5O2S/c1-25-12-14-26(15-13-25)17-9-10-19-20(16-17)24-22(23-19)21-8-5-11-27(21)30(28,29)18-6-3-2-4-7-18/h2-11,16H,12-15H2,1H3,(H,23,24).